The molecule has 0 atom stereocenters. The number of para-hydroxylation sites is 1. The first-order valence-corrected chi connectivity index (χ1v) is 12.1. The lowest BCUT2D eigenvalue weighted by Gasteiger charge is -2.35. The first-order chi connectivity index (χ1) is 14.9. The Labute approximate surface area is 207 Å². The first kappa shape index (κ1) is 26.4. The van der Waals surface area contributed by atoms with Crippen LogP contribution >= 0.6 is 24.0 Å². The molecule has 0 amide bonds. The zero-order valence-corrected chi connectivity index (χ0v) is 21.9. The van der Waals surface area contributed by atoms with Crippen LogP contribution in [-0.2, 0) is 15.8 Å². The van der Waals surface area contributed by atoms with Crippen LogP contribution in [0.1, 0.15) is 23.7 Å². The van der Waals surface area contributed by atoms with Gasteiger partial charge in [0.25, 0.3) is 0 Å². The molecule has 0 saturated carbocycles. The molecule has 0 aliphatic carbocycles. The summed E-state index contributed by atoms with van der Waals surface area (Å²) in [7, 11) is -3.42. The molecule has 1 fully saturated rings. The van der Waals surface area contributed by atoms with Gasteiger partial charge < -0.3 is 19.5 Å². The number of hydrogen-bond acceptors (Lipinski definition) is 6. The van der Waals surface area contributed by atoms with Gasteiger partial charge in [0.1, 0.15) is 24.4 Å². The van der Waals surface area contributed by atoms with Crippen LogP contribution < -0.4 is 10.1 Å². The standard InChI is InChI=1S/C21H31N5O4S.HI/c1-4-22-21(23-9-15-29-20-17(2)6-5-7-18(20)3)25-10-12-26(13-11-25)31(27,28)16-19-8-14-30-24-19;/h5-8,14H,4,9-13,15-16H2,1-3H3,(H,22,23);1H. The van der Waals surface area contributed by atoms with Crippen molar-refractivity contribution in [2.24, 2.45) is 4.99 Å². The Bertz CT molecular complexity index is 954. The molecule has 0 unspecified atom stereocenters. The maximum atomic E-state index is 12.6. The average molecular weight is 577 g/mol. The molecule has 1 aromatic heterocycles. The molecule has 0 radical (unpaired) electrons. The van der Waals surface area contributed by atoms with E-state index in [9.17, 15) is 8.42 Å². The van der Waals surface area contributed by atoms with Gasteiger partial charge in [-0.25, -0.2) is 13.4 Å². The van der Waals surface area contributed by atoms with Crippen molar-refractivity contribution in [1.29, 1.82) is 0 Å². The third-order valence-corrected chi connectivity index (χ3v) is 6.91. The van der Waals surface area contributed by atoms with Gasteiger partial charge in [0.05, 0.1) is 12.2 Å². The Balaban J connectivity index is 0.00000363. The molecular formula is C21H32IN5O4S. The van der Waals surface area contributed by atoms with Crippen LogP contribution in [0, 0.1) is 13.8 Å². The smallest absolute Gasteiger partial charge is 0.220 e. The highest BCUT2D eigenvalue weighted by molar-refractivity contribution is 14.0. The van der Waals surface area contributed by atoms with Crippen LogP contribution in [-0.4, -0.2) is 74.6 Å². The van der Waals surface area contributed by atoms with E-state index in [2.05, 4.69) is 20.4 Å². The molecule has 2 aromatic rings. The van der Waals surface area contributed by atoms with Gasteiger partial charge in [-0.1, -0.05) is 23.4 Å². The van der Waals surface area contributed by atoms with Crippen molar-refractivity contribution in [3.63, 3.8) is 0 Å². The van der Waals surface area contributed by atoms with Gasteiger partial charge in [0.2, 0.25) is 10.0 Å². The lowest BCUT2D eigenvalue weighted by Crippen LogP contribution is -2.54. The van der Waals surface area contributed by atoms with E-state index in [1.165, 1.54) is 10.6 Å². The predicted molar refractivity (Wildman–Crippen MR) is 135 cm³/mol. The summed E-state index contributed by atoms with van der Waals surface area (Å²) in [4.78, 5) is 6.76. The number of nitrogens with zero attached hydrogens (tertiary/aromatic N) is 4. The van der Waals surface area contributed by atoms with Crippen molar-refractivity contribution in [2.45, 2.75) is 26.5 Å². The highest BCUT2D eigenvalue weighted by Gasteiger charge is 2.29. The quantitative estimate of drug-likeness (QED) is 0.223. The summed E-state index contributed by atoms with van der Waals surface area (Å²) in [6.45, 7) is 9.77. The summed E-state index contributed by atoms with van der Waals surface area (Å²) < 4.78 is 37.4. The Morgan fingerprint density at radius 3 is 2.47 bits per heavy atom. The average Bonchev–Trinajstić information content (AvgIpc) is 3.24. The van der Waals surface area contributed by atoms with Gasteiger partial charge in [-0.15, -0.1) is 24.0 Å². The number of piperazine rings is 1. The number of ether oxygens (including phenoxy) is 1. The molecule has 3 rings (SSSR count). The van der Waals surface area contributed by atoms with Crippen molar-refractivity contribution in [1.82, 2.24) is 19.7 Å². The number of nitrogens with one attached hydrogen (secondary N) is 1. The predicted octanol–water partition coefficient (Wildman–Crippen LogP) is 2.40. The van der Waals surface area contributed by atoms with Gasteiger partial charge in [0.15, 0.2) is 5.96 Å². The number of aliphatic imine (C=N–C) groups is 1. The van der Waals surface area contributed by atoms with Crippen LogP contribution in [0.3, 0.4) is 0 Å². The lowest BCUT2D eigenvalue weighted by molar-refractivity contribution is 0.258. The fourth-order valence-electron chi connectivity index (χ4n) is 3.52. The molecule has 0 bridgehead atoms. The second kappa shape index (κ2) is 12.4. The molecule has 11 heteroatoms. The van der Waals surface area contributed by atoms with E-state index in [1.807, 2.05) is 39.0 Å². The fourth-order valence-corrected chi connectivity index (χ4v) is 4.95. The number of benzene rings is 1. The molecule has 1 aliphatic heterocycles. The van der Waals surface area contributed by atoms with Gasteiger partial charge in [-0.2, -0.15) is 4.31 Å². The van der Waals surface area contributed by atoms with E-state index in [-0.39, 0.29) is 29.7 Å². The topological polar surface area (TPSA) is 100 Å². The van der Waals surface area contributed by atoms with Gasteiger partial charge in [-0.05, 0) is 31.9 Å². The molecule has 2 heterocycles. The van der Waals surface area contributed by atoms with Crippen molar-refractivity contribution in [3.05, 3.63) is 47.3 Å². The van der Waals surface area contributed by atoms with Gasteiger partial charge in [-0.3, -0.25) is 0 Å². The molecule has 1 N–H and O–H groups in total. The zero-order valence-electron chi connectivity index (χ0n) is 18.8. The number of hydrogen-bond donors (Lipinski definition) is 1. The maximum Gasteiger partial charge on any atom is 0.220 e. The maximum absolute atomic E-state index is 12.6. The number of aromatic nitrogens is 1. The molecular weight excluding hydrogens is 545 g/mol. The molecule has 9 nitrogen and oxygen atoms in total. The molecule has 1 aliphatic rings. The fraction of sp³-hybridized carbons (Fsp3) is 0.524. The van der Waals surface area contributed by atoms with Crippen molar-refractivity contribution >= 4 is 40.0 Å². The van der Waals surface area contributed by atoms with Crippen LogP contribution in [0.4, 0.5) is 0 Å². The first-order valence-electron chi connectivity index (χ1n) is 10.5. The number of halogens is 1. The van der Waals surface area contributed by atoms with Crippen molar-refractivity contribution < 1.29 is 17.7 Å². The van der Waals surface area contributed by atoms with Crippen LogP contribution in [0.5, 0.6) is 5.75 Å². The van der Waals surface area contributed by atoms with E-state index in [4.69, 9.17) is 9.26 Å². The Morgan fingerprint density at radius 2 is 1.88 bits per heavy atom. The number of sulfonamides is 1. The monoisotopic (exact) mass is 577 g/mol. The highest BCUT2D eigenvalue weighted by Crippen LogP contribution is 2.22. The third-order valence-electron chi connectivity index (χ3n) is 5.10. The molecule has 32 heavy (non-hydrogen) atoms. The second-order valence-corrected chi connectivity index (χ2v) is 9.41. The van der Waals surface area contributed by atoms with E-state index < -0.39 is 10.0 Å². The van der Waals surface area contributed by atoms with E-state index in [0.717, 1.165) is 29.4 Å². The van der Waals surface area contributed by atoms with Crippen LogP contribution in [0.25, 0.3) is 0 Å². The SMILES string of the molecule is CCNC(=NCCOc1c(C)cccc1C)N1CCN(S(=O)(=O)Cc2ccon2)CC1.I. The lowest BCUT2D eigenvalue weighted by atomic mass is 10.1. The minimum absolute atomic E-state index is 0. The number of rotatable bonds is 8. The summed E-state index contributed by atoms with van der Waals surface area (Å²) in [5.41, 5.74) is 2.64. The minimum Gasteiger partial charge on any atom is -0.491 e. The van der Waals surface area contributed by atoms with E-state index in [0.29, 0.717) is 45.0 Å². The highest BCUT2D eigenvalue weighted by atomic mass is 127. The van der Waals surface area contributed by atoms with Crippen LogP contribution in [0.15, 0.2) is 40.0 Å². The second-order valence-electron chi connectivity index (χ2n) is 7.44. The zero-order chi connectivity index (χ0) is 22.3. The summed E-state index contributed by atoms with van der Waals surface area (Å²) in [6, 6.07) is 7.66. The minimum atomic E-state index is -3.42. The molecule has 1 saturated heterocycles. The molecule has 0 spiro atoms. The number of aryl methyl sites for hydroxylation is 2. The molecule has 178 valence electrons. The van der Waals surface area contributed by atoms with E-state index >= 15 is 0 Å². The Kier molecular flexibility index (Phi) is 10.2. The summed E-state index contributed by atoms with van der Waals surface area (Å²) in [5, 5.41) is 7.00. The summed E-state index contributed by atoms with van der Waals surface area (Å²) in [6.07, 6.45) is 1.38. The van der Waals surface area contributed by atoms with Crippen LogP contribution in [0.2, 0.25) is 0 Å². The summed E-state index contributed by atoms with van der Waals surface area (Å²) in [5.74, 6) is 1.54. The normalized spacial score (nSPS) is 15.3. The number of guanidine groups is 1. The van der Waals surface area contributed by atoms with E-state index in [1.54, 1.807) is 6.07 Å². The molecule has 1 aromatic carbocycles. The Hall–Kier alpha value is -1.86. The van der Waals surface area contributed by atoms with Gasteiger partial charge >= 0.3 is 0 Å². The third kappa shape index (κ3) is 7.07. The Morgan fingerprint density at radius 1 is 1.19 bits per heavy atom. The summed E-state index contributed by atoms with van der Waals surface area (Å²) >= 11 is 0. The largest absolute Gasteiger partial charge is 0.491 e. The van der Waals surface area contributed by atoms with Crippen molar-refractivity contribution in [3.8, 4) is 5.75 Å². The van der Waals surface area contributed by atoms with Gasteiger partial charge in [0, 0.05) is 38.8 Å². The van der Waals surface area contributed by atoms with Crippen molar-refractivity contribution in [2.75, 3.05) is 45.9 Å².